The van der Waals surface area contributed by atoms with Crippen LogP contribution in [0.2, 0.25) is 0 Å². The zero-order valence-electron chi connectivity index (χ0n) is 20.1. The Kier molecular flexibility index (Phi) is 9.66. The highest BCUT2D eigenvalue weighted by atomic mass is 16.7. The second-order valence-electron chi connectivity index (χ2n) is 7.25. The van der Waals surface area contributed by atoms with E-state index < -0.39 is 61.2 Å². The molecule has 5 atom stereocenters. The zero-order valence-corrected chi connectivity index (χ0v) is 20.1. The lowest BCUT2D eigenvalue weighted by Gasteiger charge is -2.43. The van der Waals surface area contributed by atoms with Gasteiger partial charge in [0.15, 0.2) is 18.3 Å². The molecule has 0 saturated carbocycles. The maximum atomic E-state index is 12.5. The van der Waals surface area contributed by atoms with E-state index in [0.717, 1.165) is 27.9 Å². The van der Waals surface area contributed by atoms with Gasteiger partial charge in [0.25, 0.3) is 0 Å². The molecule has 13 nitrogen and oxygen atoms in total. The molecule has 35 heavy (non-hydrogen) atoms. The van der Waals surface area contributed by atoms with Gasteiger partial charge < -0.3 is 43.0 Å². The highest BCUT2D eigenvalue weighted by Crippen LogP contribution is 2.37. The summed E-state index contributed by atoms with van der Waals surface area (Å²) in [7, 11) is 3.81. The Bertz CT molecular complexity index is 918. The lowest BCUT2D eigenvalue weighted by Crippen LogP contribution is -2.64. The summed E-state index contributed by atoms with van der Waals surface area (Å²) in [5, 5.41) is 9.63. The van der Waals surface area contributed by atoms with E-state index in [1.165, 1.54) is 26.4 Å². The van der Waals surface area contributed by atoms with E-state index in [4.69, 9.17) is 37.9 Å². The lowest BCUT2D eigenvalue weighted by atomic mass is 9.97. The minimum absolute atomic E-state index is 0.0641. The fourth-order valence-electron chi connectivity index (χ4n) is 3.49. The van der Waals surface area contributed by atoms with Gasteiger partial charge in [0.05, 0.1) is 33.5 Å². The van der Waals surface area contributed by atoms with Gasteiger partial charge in [-0.15, -0.1) is 0 Å². The maximum Gasteiger partial charge on any atom is 0.339 e. The van der Waals surface area contributed by atoms with Crippen LogP contribution in [0.3, 0.4) is 0 Å². The molecule has 1 fully saturated rings. The van der Waals surface area contributed by atoms with Crippen LogP contribution in [0.5, 0.6) is 17.2 Å². The molecule has 0 spiro atoms. The number of esters is 4. The smallest absolute Gasteiger partial charge is 0.339 e. The van der Waals surface area contributed by atoms with Gasteiger partial charge in [-0.2, -0.15) is 0 Å². The highest BCUT2D eigenvalue weighted by molar-refractivity contribution is 5.77. The number of ether oxygens (including phenoxy) is 8. The number of benzene rings is 1. The van der Waals surface area contributed by atoms with Gasteiger partial charge in [0.2, 0.25) is 12.4 Å². The van der Waals surface area contributed by atoms with Crippen LogP contribution in [0.4, 0.5) is 0 Å². The summed E-state index contributed by atoms with van der Waals surface area (Å²) in [6.45, 7) is 2.85. The second-order valence-corrected chi connectivity index (χ2v) is 7.25. The summed E-state index contributed by atoms with van der Waals surface area (Å²) in [6, 6.07) is 2.79. The molecule has 1 saturated heterocycles. The molecule has 0 radical (unpaired) electrons. The number of hydrogen-bond acceptors (Lipinski definition) is 13. The average molecular weight is 500 g/mol. The van der Waals surface area contributed by atoms with Gasteiger partial charge in [0.1, 0.15) is 17.2 Å². The average Bonchev–Trinajstić information content (AvgIpc) is 2.80. The molecule has 1 aliphatic heterocycles. The molecule has 0 bridgehead atoms. The lowest BCUT2D eigenvalue weighted by molar-refractivity contribution is -0.282. The Labute approximate surface area is 201 Å². The normalized spacial score (nSPS) is 23.5. The van der Waals surface area contributed by atoms with Crippen molar-refractivity contribution >= 4 is 23.9 Å². The fourth-order valence-corrected chi connectivity index (χ4v) is 3.49. The van der Waals surface area contributed by atoms with Crippen molar-refractivity contribution in [1.82, 2.24) is 0 Å². The van der Waals surface area contributed by atoms with Gasteiger partial charge >= 0.3 is 23.9 Å². The number of hydrogen-bond donors (Lipinski definition) is 1. The molecule has 194 valence electrons. The summed E-state index contributed by atoms with van der Waals surface area (Å²) in [5.41, 5.74) is 0.337. The van der Waals surface area contributed by atoms with Crippen molar-refractivity contribution in [2.75, 3.05) is 21.3 Å². The predicted molar refractivity (Wildman–Crippen MR) is 113 cm³/mol. The monoisotopic (exact) mass is 500 g/mol. The van der Waals surface area contributed by atoms with Crippen LogP contribution in [0, 0.1) is 0 Å². The zero-order chi connectivity index (χ0) is 26.3. The first-order valence-corrected chi connectivity index (χ1v) is 10.3. The SMILES string of the molecule is COC(=O)[C@H]1O[C@@H](Oc2cc(OC)c(CO)c(OC)c2)[C@H](OC(C)=O)[C@@H](OC(C)=O)[C@@H]1OC(C)=O. The van der Waals surface area contributed by atoms with E-state index in [1.807, 2.05) is 0 Å². The van der Waals surface area contributed by atoms with Crippen molar-refractivity contribution in [3.05, 3.63) is 17.7 Å². The predicted octanol–water partition coefficient (Wildman–Crippen LogP) is 0.268. The van der Waals surface area contributed by atoms with Gasteiger partial charge in [-0.05, 0) is 0 Å². The molecule has 0 aliphatic carbocycles. The van der Waals surface area contributed by atoms with Gasteiger partial charge in [-0.3, -0.25) is 14.4 Å². The third-order valence-electron chi connectivity index (χ3n) is 4.83. The van der Waals surface area contributed by atoms with Crippen LogP contribution in [-0.4, -0.2) is 81.0 Å². The molecule has 1 aromatic carbocycles. The molecule has 0 aromatic heterocycles. The standard InChI is InChI=1S/C22H28O13/c1-10(24)31-17-18(32-11(2)25)20(33-12(3)26)22(35-19(17)21(27)30-6)34-13-7-15(28-4)14(9-23)16(8-13)29-5/h7-8,17-20,22-23H,9H2,1-6H3/t17-,18-,19-,20+,22+/m0/s1. The topological polar surface area (TPSA) is 162 Å². The van der Waals surface area contributed by atoms with Crippen LogP contribution < -0.4 is 14.2 Å². The van der Waals surface area contributed by atoms with Crippen LogP contribution >= 0.6 is 0 Å². The summed E-state index contributed by atoms with van der Waals surface area (Å²) in [6.07, 6.45) is -7.65. The van der Waals surface area contributed by atoms with Crippen molar-refractivity contribution in [2.45, 2.75) is 58.1 Å². The van der Waals surface area contributed by atoms with Crippen molar-refractivity contribution < 1.29 is 62.2 Å². The first-order chi connectivity index (χ1) is 16.6. The molecule has 0 unspecified atom stereocenters. The highest BCUT2D eigenvalue weighted by Gasteiger charge is 2.55. The molecule has 1 N–H and O–H groups in total. The molecule has 0 amide bonds. The van der Waals surface area contributed by atoms with Gasteiger partial charge in [-0.25, -0.2) is 4.79 Å². The van der Waals surface area contributed by atoms with Crippen LogP contribution in [0.1, 0.15) is 26.3 Å². The number of carbonyl (C=O) groups is 4. The van der Waals surface area contributed by atoms with E-state index in [9.17, 15) is 24.3 Å². The Balaban J connectivity index is 2.58. The molecule has 13 heteroatoms. The molecular weight excluding hydrogens is 472 g/mol. The molecule has 1 aromatic rings. The maximum absolute atomic E-state index is 12.5. The van der Waals surface area contributed by atoms with Crippen LogP contribution in [0.25, 0.3) is 0 Å². The number of methoxy groups -OCH3 is 3. The molecule has 1 aliphatic rings. The number of rotatable bonds is 9. The fraction of sp³-hybridized carbons (Fsp3) is 0.545. The molecule has 2 rings (SSSR count). The molecular formula is C22H28O13. The van der Waals surface area contributed by atoms with E-state index >= 15 is 0 Å². The Morgan fingerprint density at radius 3 is 1.74 bits per heavy atom. The van der Waals surface area contributed by atoms with Crippen molar-refractivity contribution in [2.24, 2.45) is 0 Å². The number of aliphatic hydroxyl groups is 1. The van der Waals surface area contributed by atoms with E-state index in [1.54, 1.807) is 0 Å². The van der Waals surface area contributed by atoms with Crippen molar-refractivity contribution in [1.29, 1.82) is 0 Å². The molecule has 1 heterocycles. The van der Waals surface area contributed by atoms with E-state index in [-0.39, 0.29) is 17.2 Å². The first-order valence-electron chi connectivity index (χ1n) is 10.3. The third-order valence-corrected chi connectivity index (χ3v) is 4.83. The Morgan fingerprint density at radius 1 is 0.829 bits per heavy atom. The van der Waals surface area contributed by atoms with E-state index in [2.05, 4.69) is 0 Å². The Hall–Kier alpha value is -3.58. The van der Waals surface area contributed by atoms with Crippen LogP contribution in [-0.2, 0) is 49.5 Å². The quantitative estimate of drug-likeness (QED) is 0.363. The van der Waals surface area contributed by atoms with Crippen molar-refractivity contribution in [3.63, 3.8) is 0 Å². The minimum atomic E-state index is -1.61. The summed E-state index contributed by atoms with van der Waals surface area (Å²) in [4.78, 5) is 48.0. The number of aliphatic hydroxyl groups excluding tert-OH is 1. The third kappa shape index (κ3) is 6.73. The first kappa shape index (κ1) is 27.7. The van der Waals surface area contributed by atoms with E-state index in [0.29, 0.717) is 5.56 Å². The Morgan fingerprint density at radius 2 is 1.31 bits per heavy atom. The summed E-state index contributed by atoms with van der Waals surface area (Å²) < 4.78 is 42.6. The van der Waals surface area contributed by atoms with Gasteiger partial charge in [0, 0.05) is 32.9 Å². The van der Waals surface area contributed by atoms with Crippen LogP contribution in [0.15, 0.2) is 12.1 Å². The van der Waals surface area contributed by atoms with Gasteiger partial charge in [-0.1, -0.05) is 0 Å². The largest absolute Gasteiger partial charge is 0.496 e. The summed E-state index contributed by atoms with van der Waals surface area (Å²) >= 11 is 0. The van der Waals surface area contributed by atoms with Crippen molar-refractivity contribution in [3.8, 4) is 17.2 Å². The minimum Gasteiger partial charge on any atom is -0.496 e. The summed E-state index contributed by atoms with van der Waals surface area (Å²) in [5.74, 6) is -2.92. The number of carbonyl (C=O) groups excluding carboxylic acids is 4. The second kappa shape index (κ2) is 12.2.